The van der Waals surface area contributed by atoms with Gasteiger partial charge in [0, 0.05) is 13.6 Å². The molecule has 7 nitrogen and oxygen atoms in total. The van der Waals surface area contributed by atoms with Gasteiger partial charge in [-0.05, 0) is 30.7 Å². The first-order chi connectivity index (χ1) is 14.1. The summed E-state index contributed by atoms with van der Waals surface area (Å²) in [5.74, 6) is 1.26. The third-order valence-corrected chi connectivity index (χ3v) is 5.14. The van der Waals surface area contributed by atoms with Gasteiger partial charge in [-0.15, -0.1) is 0 Å². The first kappa shape index (κ1) is 19.1. The van der Waals surface area contributed by atoms with Crippen LogP contribution in [0.1, 0.15) is 13.3 Å². The Kier molecular flexibility index (Phi) is 5.29. The van der Waals surface area contributed by atoms with Crippen molar-refractivity contribution in [3.05, 3.63) is 59.0 Å². The number of fused-ring (bicyclic) bond motifs is 2. The Hall–Kier alpha value is -3.22. The van der Waals surface area contributed by atoms with Crippen molar-refractivity contribution < 1.29 is 14.3 Å². The predicted octanol–water partition coefficient (Wildman–Crippen LogP) is 2.51. The van der Waals surface area contributed by atoms with E-state index in [1.165, 1.54) is 0 Å². The van der Waals surface area contributed by atoms with Crippen LogP contribution in [-0.4, -0.2) is 46.2 Å². The predicted molar refractivity (Wildman–Crippen MR) is 110 cm³/mol. The maximum atomic E-state index is 12.9. The maximum Gasteiger partial charge on any atom is 0.329 e. The van der Waals surface area contributed by atoms with Crippen LogP contribution in [0.3, 0.4) is 0 Å². The van der Waals surface area contributed by atoms with Crippen molar-refractivity contribution in [3.63, 3.8) is 0 Å². The molecule has 7 heteroatoms. The lowest BCUT2D eigenvalue weighted by Crippen LogP contribution is -2.43. The molecule has 0 bridgehead atoms. The highest BCUT2D eigenvalue weighted by Crippen LogP contribution is 2.30. The first-order valence-corrected chi connectivity index (χ1v) is 9.89. The Morgan fingerprint density at radius 2 is 1.72 bits per heavy atom. The molecule has 2 heterocycles. The molecule has 1 aromatic heterocycles. The van der Waals surface area contributed by atoms with Gasteiger partial charge in [0.1, 0.15) is 13.2 Å². The molecule has 0 radical (unpaired) electrons. The number of imidazole rings is 1. The van der Waals surface area contributed by atoms with Crippen molar-refractivity contribution in [2.75, 3.05) is 20.2 Å². The maximum absolute atomic E-state index is 12.9. The largest absolute Gasteiger partial charge is 0.486 e. The molecule has 152 valence electrons. The van der Waals surface area contributed by atoms with E-state index in [0.29, 0.717) is 31.2 Å². The molecule has 3 aromatic rings. The minimum absolute atomic E-state index is 0.00325. The zero-order valence-corrected chi connectivity index (χ0v) is 16.7. The average Bonchev–Trinajstić information content (AvgIpc) is 3.00. The molecule has 2 aromatic carbocycles. The van der Waals surface area contributed by atoms with Crippen LogP contribution in [0.2, 0.25) is 0 Å². The summed E-state index contributed by atoms with van der Waals surface area (Å²) in [5.41, 5.74) is 1.48. The summed E-state index contributed by atoms with van der Waals surface area (Å²) in [4.78, 5) is 27.3. The normalized spacial score (nSPS) is 15.4. The average molecular weight is 395 g/mol. The van der Waals surface area contributed by atoms with Crippen LogP contribution in [0.15, 0.2) is 53.3 Å². The van der Waals surface area contributed by atoms with E-state index < -0.39 is 0 Å². The zero-order chi connectivity index (χ0) is 20.4. The van der Waals surface area contributed by atoms with E-state index in [9.17, 15) is 9.59 Å². The van der Waals surface area contributed by atoms with Gasteiger partial charge in [0.2, 0.25) is 5.91 Å². The van der Waals surface area contributed by atoms with Gasteiger partial charge >= 0.3 is 5.69 Å². The van der Waals surface area contributed by atoms with Crippen LogP contribution in [0.25, 0.3) is 11.0 Å². The van der Waals surface area contributed by atoms with E-state index >= 15 is 0 Å². The van der Waals surface area contributed by atoms with Crippen LogP contribution in [0.4, 0.5) is 0 Å². The highest BCUT2D eigenvalue weighted by Gasteiger charge is 2.24. The standard InChI is InChI=1S/C22H25N3O4/c1-3-12-24-17-8-4-5-9-18(17)25(22(24)27)14-21(26)23(2)13-16-15-28-19-10-6-7-11-20(19)29-16/h4-11,16H,3,12-15H2,1-2H3. The lowest BCUT2D eigenvalue weighted by atomic mass is 10.2. The van der Waals surface area contributed by atoms with Gasteiger partial charge in [0.25, 0.3) is 0 Å². The lowest BCUT2D eigenvalue weighted by Gasteiger charge is -2.29. The number of ether oxygens (including phenoxy) is 2. The second kappa shape index (κ2) is 8.03. The van der Waals surface area contributed by atoms with Gasteiger partial charge in [-0.3, -0.25) is 13.9 Å². The van der Waals surface area contributed by atoms with Crippen molar-refractivity contribution in [1.82, 2.24) is 14.0 Å². The number of para-hydroxylation sites is 4. The van der Waals surface area contributed by atoms with Crippen LogP contribution in [0.5, 0.6) is 11.5 Å². The number of likely N-dealkylation sites (N-methyl/N-ethyl adjacent to an activating group) is 1. The van der Waals surface area contributed by atoms with Crippen molar-refractivity contribution in [2.24, 2.45) is 0 Å². The topological polar surface area (TPSA) is 65.7 Å². The smallest absolute Gasteiger partial charge is 0.329 e. The number of hydrogen-bond donors (Lipinski definition) is 0. The summed E-state index contributed by atoms with van der Waals surface area (Å²) in [7, 11) is 1.72. The van der Waals surface area contributed by atoms with Gasteiger partial charge in [-0.25, -0.2) is 4.79 Å². The Bertz CT molecular complexity index is 1090. The molecule has 0 saturated heterocycles. The summed E-state index contributed by atoms with van der Waals surface area (Å²) in [5, 5.41) is 0. The van der Waals surface area contributed by atoms with Crippen molar-refractivity contribution in [3.8, 4) is 11.5 Å². The highest BCUT2D eigenvalue weighted by atomic mass is 16.6. The molecule has 1 atom stereocenters. The Labute approximate surface area is 169 Å². The van der Waals surface area contributed by atoms with E-state index in [-0.39, 0.29) is 24.2 Å². The fourth-order valence-corrected chi connectivity index (χ4v) is 3.68. The molecule has 0 N–H and O–H groups in total. The molecular formula is C22H25N3O4. The minimum atomic E-state index is -0.253. The molecule has 1 unspecified atom stereocenters. The lowest BCUT2D eigenvalue weighted by molar-refractivity contribution is -0.131. The SMILES string of the molecule is CCCn1c(=O)n(CC(=O)N(C)CC2COc3ccccc3O2)c2ccccc21. The summed E-state index contributed by atoms with van der Waals surface area (Å²) in [6.45, 7) is 3.42. The number of carbonyl (C=O) groups excluding carboxylic acids is 1. The molecule has 0 fully saturated rings. The fourth-order valence-electron chi connectivity index (χ4n) is 3.68. The molecule has 29 heavy (non-hydrogen) atoms. The number of hydrogen-bond acceptors (Lipinski definition) is 4. The van der Waals surface area contributed by atoms with E-state index in [4.69, 9.17) is 9.47 Å². The van der Waals surface area contributed by atoms with Crippen LogP contribution in [0, 0.1) is 0 Å². The first-order valence-electron chi connectivity index (χ1n) is 9.89. The molecule has 1 amide bonds. The van der Waals surface area contributed by atoms with Gasteiger partial charge in [0.15, 0.2) is 17.6 Å². The van der Waals surface area contributed by atoms with Crippen LogP contribution < -0.4 is 15.2 Å². The van der Waals surface area contributed by atoms with Gasteiger partial charge in [-0.1, -0.05) is 31.2 Å². The Morgan fingerprint density at radius 3 is 2.45 bits per heavy atom. The summed E-state index contributed by atoms with van der Waals surface area (Å²) in [6, 6.07) is 15.1. The summed E-state index contributed by atoms with van der Waals surface area (Å²) >= 11 is 0. The van der Waals surface area contributed by atoms with E-state index in [2.05, 4.69) is 0 Å². The second-order valence-corrected chi connectivity index (χ2v) is 7.28. The number of benzene rings is 2. The molecule has 4 rings (SSSR count). The minimum Gasteiger partial charge on any atom is -0.486 e. The molecule has 0 saturated carbocycles. The number of aromatic nitrogens is 2. The second-order valence-electron chi connectivity index (χ2n) is 7.28. The summed E-state index contributed by atoms with van der Waals surface area (Å²) < 4.78 is 14.9. The summed E-state index contributed by atoms with van der Waals surface area (Å²) in [6.07, 6.45) is 0.597. The number of rotatable bonds is 6. The van der Waals surface area contributed by atoms with Crippen molar-refractivity contribution in [1.29, 1.82) is 0 Å². The van der Waals surface area contributed by atoms with Crippen LogP contribution in [-0.2, 0) is 17.9 Å². The number of carbonyl (C=O) groups is 1. The molecule has 0 spiro atoms. The van der Waals surface area contributed by atoms with E-state index in [0.717, 1.165) is 17.5 Å². The molecule has 0 aliphatic carbocycles. The van der Waals surface area contributed by atoms with E-state index in [1.54, 1.807) is 21.1 Å². The van der Waals surface area contributed by atoms with Crippen molar-refractivity contribution >= 4 is 16.9 Å². The highest BCUT2D eigenvalue weighted by molar-refractivity contribution is 5.81. The van der Waals surface area contributed by atoms with E-state index in [1.807, 2.05) is 55.5 Å². The number of nitrogens with zero attached hydrogens (tertiary/aromatic N) is 3. The monoisotopic (exact) mass is 395 g/mol. The fraction of sp³-hybridized carbons (Fsp3) is 0.364. The zero-order valence-electron chi connectivity index (χ0n) is 16.7. The number of aryl methyl sites for hydroxylation is 1. The Balaban J connectivity index is 1.48. The molecule has 1 aliphatic heterocycles. The third-order valence-electron chi connectivity index (χ3n) is 5.14. The van der Waals surface area contributed by atoms with Gasteiger partial charge in [-0.2, -0.15) is 0 Å². The van der Waals surface area contributed by atoms with Crippen LogP contribution >= 0.6 is 0 Å². The van der Waals surface area contributed by atoms with Crippen molar-refractivity contribution in [2.45, 2.75) is 32.5 Å². The van der Waals surface area contributed by atoms with Gasteiger partial charge < -0.3 is 14.4 Å². The third kappa shape index (κ3) is 3.72. The Morgan fingerprint density at radius 1 is 1.07 bits per heavy atom. The van der Waals surface area contributed by atoms with Gasteiger partial charge in [0.05, 0.1) is 17.6 Å². The molecule has 1 aliphatic rings. The number of amides is 1. The quantitative estimate of drug-likeness (QED) is 0.643. The molecular weight excluding hydrogens is 370 g/mol.